The van der Waals surface area contributed by atoms with Crippen molar-refractivity contribution < 1.29 is 17.2 Å². The van der Waals surface area contributed by atoms with Crippen LogP contribution in [0.25, 0.3) is 0 Å². The fourth-order valence-corrected chi connectivity index (χ4v) is 3.53. The second kappa shape index (κ2) is 7.30. The zero-order valence-electron chi connectivity index (χ0n) is 13.3. The van der Waals surface area contributed by atoms with Crippen LogP contribution >= 0.6 is 0 Å². The monoisotopic (exact) mass is 368 g/mol. The van der Waals surface area contributed by atoms with Crippen molar-refractivity contribution in [2.45, 2.75) is 29.5 Å². The SMILES string of the molecule is O=S(=O)(c1ccc(NC2CCCN(c3ncccn3)C2)cc1)C(F)F. The van der Waals surface area contributed by atoms with Crippen molar-refractivity contribution >= 4 is 21.5 Å². The van der Waals surface area contributed by atoms with Crippen LogP contribution in [0.15, 0.2) is 47.6 Å². The Labute approximate surface area is 144 Å². The van der Waals surface area contributed by atoms with E-state index in [1.165, 1.54) is 24.3 Å². The van der Waals surface area contributed by atoms with E-state index in [9.17, 15) is 17.2 Å². The Hall–Kier alpha value is -2.29. The number of hydrogen-bond acceptors (Lipinski definition) is 6. The van der Waals surface area contributed by atoms with Crippen molar-refractivity contribution in [1.82, 2.24) is 9.97 Å². The number of rotatable bonds is 5. The van der Waals surface area contributed by atoms with Gasteiger partial charge in [-0.1, -0.05) is 0 Å². The Morgan fingerprint density at radius 3 is 2.48 bits per heavy atom. The standard InChI is InChI=1S/C16H18F2N4O2S/c17-15(18)25(23,24)14-6-4-12(5-7-14)21-13-3-1-10-22(11-13)16-19-8-2-9-20-16/h2,4-9,13,15,21H,1,3,10-11H2. The van der Waals surface area contributed by atoms with Gasteiger partial charge in [-0.2, -0.15) is 8.78 Å². The highest BCUT2D eigenvalue weighted by atomic mass is 32.2. The molecule has 0 spiro atoms. The Balaban J connectivity index is 1.66. The van der Waals surface area contributed by atoms with Gasteiger partial charge in [0.25, 0.3) is 0 Å². The average molecular weight is 368 g/mol. The molecule has 3 rings (SSSR count). The van der Waals surface area contributed by atoms with Crippen LogP contribution in [0.3, 0.4) is 0 Å². The van der Waals surface area contributed by atoms with Crippen LogP contribution in [0.5, 0.6) is 0 Å². The lowest BCUT2D eigenvalue weighted by Crippen LogP contribution is -2.42. The predicted octanol–water partition coefficient (Wildman–Crippen LogP) is 2.55. The number of hydrogen-bond donors (Lipinski definition) is 1. The van der Waals surface area contributed by atoms with Gasteiger partial charge in [-0.15, -0.1) is 0 Å². The van der Waals surface area contributed by atoms with Gasteiger partial charge in [0.2, 0.25) is 15.8 Å². The zero-order valence-corrected chi connectivity index (χ0v) is 14.2. The van der Waals surface area contributed by atoms with Gasteiger partial charge < -0.3 is 10.2 Å². The molecule has 0 aliphatic carbocycles. The fraction of sp³-hybridized carbons (Fsp3) is 0.375. The third kappa shape index (κ3) is 4.04. The van der Waals surface area contributed by atoms with E-state index >= 15 is 0 Å². The summed E-state index contributed by atoms with van der Waals surface area (Å²) in [6, 6.07) is 7.31. The second-order valence-electron chi connectivity index (χ2n) is 5.81. The summed E-state index contributed by atoms with van der Waals surface area (Å²) in [5.41, 5.74) is 0.689. The largest absolute Gasteiger partial charge is 0.381 e. The Morgan fingerprint density at radius 2 is 1.84 bits per heavy atom. The second-order valence-corrected chi connectivity index (χ2v) is 7.73. The van der Waals surface area contributed by atoms with E-state index in [2.05, 4.69) is 20.2 Å². The molecule has 25 heavy (non-hydrogen) atoms. The maximum atomic E-state index is 12.6. The molecule has 0 saturated carbocycles. The van der Waals surface area contributed by atoms with Gasteiger partial charge in [0, 0.05) is 37.2 Å². The van der Waals surface area contributed by atoms with Crippen LogP contribution in [0, 0.1) is 0 Å². The summed E-state index contributed by atoms with van der Waals surface area (Å²) in [5, 5.41) is 3.31. The quantitative estimate of drug-likeness (QED) is 0.874. The third-order valence-electron chi connectivity index (χ3n) is 4.04. The molecule has 2 aromatic rings. The highest BCUT2D eigenvalue weighted by Crippen LogP contribution is 2.22. The number of anilines is 2. The van der Waals surface area contributed by atoms with Crippen molar-refractivity contribution in [1.29, 1.82) is 0 Å². The molecule has 134 valence electrons. The van der Waals surface area contributed by atoms with E-state index in [4.69, 9.17) is 0 Å². The molecule has 1 N–H and O–H groups in total. The maximum Gasteiger partial charge on any atom is 0.341 e. The number of aromatic nitrogens is 2. The molecule has 0 radical (unpaired) electrons. The van der Waals surface area contributed by atoms with Crippen molar-refractivity contribution in [2.24, 2.45) is 0 Å². The summed E-state index contributed by atoms with van der Waals surface area (Å²) in [6.07, 6.45) is 5.30. The molecule has 6 nitrogen and oxygen atoms in total. The molecule has 9 heteroatoms. The minimum Gasteiger partial charge on any atom is -0.381 e. The molecule has 0 amide bonds. The lowest BCUT2D eigenvalue weighted by atomic mass is 10.1. The smallest absolute Gasteiger partial charge is 0.341 e. The average Bonchev–Trinajstić information content (AvgIpc) is 2.63. The highest BCUT2D eigenvalue weighted by Gasteiger charge is 2.26. The molecular formula is C16H18F2N4O2S. The van der Waals surface area contributed by atoms with E-state index in [0.717, 1.165) is 19.4 Å². The number of benzene rings is 1. The van der Waals surface area contributed by atoms with Gasteiger partial charge in [0.05, 0.1) is 4.90 Å². The molecule has 1 aromatic heterocycles. The zero-order chi connectivity index (χ0) is 17.9. The third-order valence-corrected chi connectivity index (χ3v) is 5.44. The Kier molecular flexibility index (Phi) is 5.12. The number of sulfone groups is 1. The summed E-state index contributed by atoms with van der Waals surface area (Å²) < 4.78 is 48.0. The molecule has 0 bridgehead atoms. The fourth-order valence-electron chi connectivity index (χ4n) is 2.81. The van der Waals surface area contributed by atoms with Gasteiger partial charge >= 0.3 is 5.76 Å². The highest BCUT2D eigenvalue weighted by molar-refractivity contribution is 7.91. The summed E-state index contributed by atoms with van der Waals surface area (Å²) >= 11 is 0. The van der Waals surface area contributed by atoms with Crippen LogP contribution < -0.4 is 10.2 Å². The lowest BCUT2D eigenvalue weighted by molar-refractivity contribution is 0.234. The number of halogens is 2. The molecular weight excluding hydrogens is 350 g/mol. The molecule has 1 aliphatic heterocycles. The van der Waals surface area contributed by atoms with E-state index < -0.39 is 15.6 Å². The topological polar surface area (TPSA) is 75.2 Å². The first kappa shape index (κ1) is 17.5. The maximum absolute atomic E-state index is 12.6. The van der Waals surface area contributed by atoms with Gasteiger partial charge in [-0.3, -0.25) is 0 Å². The molecule has 1 atom stereocenters. The van der Waals surface area contributed by atoms with Gasteiger partial charge in [0.1, 0.15) is 0 Å². The molecule has 1 fully saturated rings. The summed E-state index contributed by atoms with van der Waals surface area (Å²) in [7, 11) is -4.56. The van der Waals surface area contributed by atoms with Crippen molar-refractivity contribution in [3.63, 3.8) is 0 Å². The lowest BCUT2D eigenvalue weighted by Gasteiger charge is -2.33. The first-order valence-electron chi connectivity index (χ1n) is 7.87. The van der Waals surface area contributed by atoms with E-state index in [1.54, 1.807) is 18.5 Å². The van der Waals surface area contributed by atoms with Crippen molar-refractivity contribution in [3.8, 4) is 0 Å². The molecule has 2 heterocycles. The summed E-state index contributed by atoms with van der Waals surface area (Å²) in [6.45, 7) is 1.58. The van der Waals surface area contributed by atoms with Gasteiger partial charge in [-0.25, -0.2) is 18.4 Å². The van der Waals surface area contributed by atoms with Crippen molar-refractivity contribution in [2.75, 3.05) is 23.3 Å². The number of alkyl halides is 2. The van der Waals surface area contributed by atoms with E-state index in [0.29, 0.717) is 18.2 Å². The number of piperidine rings is 1. The first-order valence-corrected chi connectivity index (χ1v) is 9.42. The molecule has 1 saturated heterocycles. The van der Waals surface area contributed by atoms with E-state index in [1.807, 2.05) is 0 Å². The number of nitrogens with one attached hydrogen (secondary N) is 1. The Morgan fingerprint density at radius 1 is 1.16 bits per heavy atom. The predicted molar refractivity (Wildman–Crippen MR) is 90.5 cm³/mol. The summed E-state index contributed by atoms with van der Waals surface area (Å²) in [5.74, 6) is -2.74. The van der Waals surface area contributed by atoms with Crippen molar-refractivity contribution in [3.05, 3.63) is 42.7 Å². The minimum absolute atomic E-state index is 0.134. The van der Waals surface area contributed by atoms with Crippen LogP contribution in [0.1, 0.15) is 12.8 Å². The molecule has 1 unspecified atom stereocenters. The van der Waals surface area contributed by atoms with Crippen LogP contribution in [-0.2, 0) is 9.84 Å². The van der Waals surface area contributed by atoms with Crippen LogP contribution in [0.2, 0.25) is 0 Å². The number of nitrogens with zero attached hydrogens (tertiary/aromatic N) is 3. The van der Waals surface area contributed by atoms with Gasteiger partial charge in [-0.05, 0) is 43.2 Å². The first-order chi connectivity index (χ1) is 12.0. The van der Waals surface area contributed by atoms with Gasteiger partial charge in [0.15, 0.2) is 0 Å². The van der Waals surface area contributed by atoms with E-state index in [-0.39, 0.29) is 10.9 Å². The normalized spacial score (nSPS) is 18.4. The minimum atomic E-state index is -4.56. The Bertz CT molecular complexity index is 801. The molecule has 1 aromatic carbocycles. The summed E-state index contributed by atoms with van der Waals surface area (Å²) in [4.78, 5) is 10.2. The van der Waals surface area contributed by atoms with Crippen LogP contribution in [-0.4, -0.2) is 43.3 Å². The molecule has 1 aliphatic rings. The van der Waals surface area contributed by atoms with Crippen LogP contribution in [0.4, 0.5) is 20.4 Å².